The molecule has 19 heavy (non-hydrogen) atoms. The molecule has 0 bridgehead atoms. The Balaban J connectivity index is 2.21. The van der Waals surface area contributed by atoms with E-state index in [-0.39, 0.29) is 5.41 Å². The molecule has 1 fully saturated rings. The van der Waals surface area contributed by atoms with E-state index in [1.807, 2.05) is 0 Å². The lowest BCUT2D eigenvalue weighted by atomic mass is 9.84. The molecule has 1 aromatic rings. The van der Waals surface area contributed by atoms with Crippen LogP contribution in [0.4, 0.5) is 0 Å². The fourth-order valence-electron chi connectivity index (χ4n) is 3.08. The highest BCUT2D eigenvalue weighted by atomic mass is 15.0. The molecule has 1 aliphatic rings. The van der Waals surface area contributed by atoms with Crippen molar-refractivity contribution in [1.29, 1.82) is 0 Å². The summed E-state index contributed by atoms with van der Waals surface area (Å²) < 4.78 is 0. The molecule has 0 aliphatic heterocycles. The Labute approximate surface area is 118 Å². The smallest absolute Gasteiger partial charge is 0.0386 e. The minimum atomic E-state index is 0.232. The molecule has 106 valence electrons. The molecule has 1 saturated carbocycles. The highest BCUT2D eigenvalue weighted by molar-refractivity contribution is 5.31. The number of nitrogens with one attached hydrogen (secondary N) is 2. The Morgan fingerprint density at radius 1 is 1.11 bits per heavy atom. The highest BCUT2D eigenvalue weighted by Gasteiger charge is 2.48. The zero-order chi connectivity index (χ0) is 14.1. The molecule has 0 radical (unpaired) electrons. The molecular formula is C17H28N2. The summed E-state index contributed by atoms with van der Waals surface area (Å²) in [4.78, 5) is 0. The summed E-state index contributed by atoms with van der Waals surface area (Å²) in [5.41, 5.74) is 3.48. The normalized spacial score (nSPS) is 19.2. The molecule has 0 saturated heterocycles. The molecule has 1 aromatic carbocycles. The van der Waals surface area contributed by atoms with Gasteiger partial charge in [0.2, 0.25) is 0 Å². The van der Waals surface area contributed by atoms with Crippen LogP contribution in [-0.4, -0.2) is 20.6 Å². The Hall–Kier alpha value is -0.860. The first-order valence-electron chi connectivity index (χ1n) is 7.35. The standard InChI is InChI=1S/C17H28N2/c1-16(2,3)14-8-6-13(7-9-14)15(19-5)17(10-11-17)12-18-4/h6-9,15,18-19H,10-12H2,1-5H3. The molecule has 2 nitrogen and oxygen atoms in total. The van der Waals surface area contributed by atoms with Crippen LogP contribution in [0.1, 0.15) is 50.8 Å². The summed E-state index contributed by atoms with van der Waals surface area (Å²) in [7, 11) is 4.13. The second-order valence-electron chi connectivity index (χ2n) is 6.99. The van der Waals surface area contributed by atoms with Crippen molar-refractivity contribution in [2.45, 2.75) is 45.1 Å². The summed E-state index contributed by atoms with van der Waals surface area (Å²) >= 11 is 0. The van der Waals surface area contributed by atoms with Crippen molar-refractivity contribution in [1.82, 2.24) is 10.6 Å². The monoisotopic (exact) mass is 260 g/mol. The topological polar surface area (TPSA) is 24.1 Å². The molecule has 0 spiro atoms. The Morgan fingerprint density at radius 3 is 2.05 bits per heavy atom. The van der Waals surface area contributed by atoms with Crippen molar-refractivity contribution in [3.8, 4) is 0 Å². The molecular weight excluding hydrogens is 232 g/mol. The van der Waals surface area contributed by atoms with Gasteiger partial charge in [0.05, 0.1) is 0 Å². The quantitative estimate of drug-likeness (QED) is 0.849. The summed E-state index contributed by atoms with van der Waals surface area (Å²) in [6.07, 6.45) is 2.64. The Morgan fingerprint density at radius 2 is 1.68 bits per heavy atom. The van der Waals surface area contributed by atoms with Gasteiger partial charge in [0.15, 0.2) is 0 Å². The predicted octanol–water partition coefficient (Wildman–Crippen LogP) is 3.24. The maximum Gasteiger partial charge on any atom is 0.0386 e. The van der Waals surface area contributed by atoms with Gasteiger partial charge in [-0.3, -0.25) is 0 Å². The van der Waals surface area contributed by atoms with Crippen LogP contribution in [0.25, 0.3) is 0 Å². The molecule has 1 aliphatic carbocycles. The van der Waals surface area contributed by atoms with Crippen molar-refractivity contribution >= 4 is 0 Å². The third kappa shape index (κ3) is 3.01. The lowest BCUT2D eigenvalue weighted by Crippen LogP contribution is -2.33. The summed E-state index contributed by atoms with van der Waals surface area (Å²) in [6.45, 7) is 7.89. The predicted molar refractivity (Wildman–Crippen MR) is 82.5 cm³/mol. The van der Waals surface area contributed by atoms with Crippen LogP contribution in [0, 0.1) is 5.41 Å². The lowest BCUT2D eigenvalue weighted by Gasteiger charge is -2.28. The van der Waals surface area contributed by atoms with Crippen molar-refractivity contribution in [3.05, 3.63) is 35.4 Å². The van der Waals surface area contributed by atoms with E-state index < -0.39 is 0 Å². The van der Waals surface area contributed by atoms with Crippen molar-refractivity contribution in [2.24, 2.45) is 5.41 Å². The molecule has 0 heterocycles. The Bertz CT molecular complexity index is 410. The molecule has 0 aromatic heterocycles. The maximum absolute atomic E-state index is 3.52. The molecule has 2 rings (SSSR count). The summed E-state index contributed by atoms with van der Waals surface area (Å²) in [5.74, 6) is 0. The largest absolute Gasteiger partial charge is 0.319 e. The van der Waals surface area contributed by atoms with E-state index in [1.54, 1.807) is 0 Å². The molecule has 2 heteroatoms. The average Bonchev–Trinajstić information content (AvgIpc) is 3.11. The van der Waals surface area contributed by atoms with Crippen LogP contribution in [0.3, 0.4) is 0 Å². The van der Waals surface area contributed by atoms with Crippen molar-refractivity contribution in [2.75, 3.05) is 20.6 Å². The van der Waals surface area contributed by atoms with Gasteiger partial charge in [-0.25, -0.2) is 0 Å². The van der Waals surface area contributed by atoms with Crippen molar-refractivity contribution in [3.63, 3.8) is 0 Å². The van der Waals surface area contributed by atoms with Gasteiger partial charge in [-0.2, -0.15) is 0 Å². The Kier molecular flexibility index (Phi) is 4.03. The van der Waals surface area contributed by atoms with Crippen LogP contribution in [-0.2, 0) is 5.41 Å². The number of hydrogen-bond acceptors (Lipinski definition) is 2. The van der Waals surface area contributed by atoms with Gasteiger partial charge in [0, 0.05) is 18.0 Å². The van der Waals surface area contributed by atoms with E-state index in [0.29, 0.717) is 11.5 Å². The van der Waals surface area contributed by atoms with Gasteiger partial charge in [-0.15, -0.1) is 0 Å². The average molecular weight is 260 g/mol. The number of rotatable bonds is 5. The summed E-state index contributed by atoms with van der Waals surface area (Å²) in [6, 6.07) is 9.65. The van der Waals surface area contributed by atoms with E-state index in [1.165, 1.54) is 24.0 Å². The van der Waals surface area contributed by atoms with E-state index in [2.05, 4.69) is 69.8 Å². The van der Waals surface area contributed by atoms with Gasteiger partial charge < -0.3 is 10.6 Å². The lowest BCUT2D eigenvalue weighted by molar-refractivity contribution is 0.346. The third-order valence-electron chi connectivity index (χ3n) is 4.43. The second-order valence-corrected chi connectivity index (χ2v) is 6.99. The van der Waals surface area contributed by atoms with Crippen LogP contribution in [0.5, 0.6) is 0 Å². The first-order valence-corrected chi connectivity index (χ1v) is 7.35. The van der Waals surface area contributed by atoms with Gasteiger partial charge in [0.1, 0.15) is 0 Å². The van der Waals surface area contributed by atoms with E-state index in [0.717, 1.165) is 6.54 Å². The zero-order valence-electron chi connectivity index (χ0n) is 13.0. The first-order chi connectivity index (χ1) is 8.93. The fourth-order valence-corrected chi connectivity index (χ4v) is 3.08. The van der Waals surface area contributed by atoms with Crippen molar-refractivity contribution < 1.29 is 0 Å². The second kappa shape index (κ2) is 5.26. The zero-order valence-corrected chi connectivity index (χ0v) is 13.0. The molecule has 1 unspecified atom stereocenters. The minimum absolute atomic E-state index is 0.232. The van der Waals surface area contributed by atoms with E-state index in [4.69, 9.17) is 0 Å². The van der Waals surface area contributed by atoms with Gasteiger partial charge in [-0.1, -0.05) is 45.0 Å². The fraction of sp³-hybridized carbons (Fsp3) is 0.647. The SMILES string of the molecule is CNCC1(C(NC)c2ccc(C(C)(C)C)cc2)CC1. The summed E-state index contributed by atoms with van der Waals surface area (Å²) in [5, 5.41) is 6.87. The number of hydrogen-bond donors (Lipinski definition) is 2. The number of benzene rings is 1. The van der Waals surface area contributed by atoms with Crippen LogP contribution in [0.2, 0.25) is 0 Å². The molecule has 0 amide bonds. The highest BCUT2D eigenvalue weighted by Crippen LogP contribution is 2.54. The van der Waals surface area contributed by atoms with Gasteiger partial charge in [-0.05, 0) is 43.5 Å². The van der Waals surface area contributed by atoms with Gasteiger partial charge >= 0.3 is 0 Å². The molecule has 2 N–H and O–H groups in total. The first kappa shape index (κ1) is 14.5. The molecule has 1 atom stereocenters. The minimum Gasteiger partial charge on any atom is -0.319 e. The third-order valence-corrected chi connectivity index (χ3v) is 4.43. The van der Waals surface area contributed by atoms with Crippen LogP contribution >= 0.6 is 0 Å². The van der Waals surface area contributed by atoms with Crippen LogP contribution < -0.4 is 10.6 Å². The van der Waals surface area contributed by atoms with E-state index in [9.17, 15) is 0 Å². The van der Waals surface area contributed by atoms with E-state index >= 15 is 0 Å². The van der Waals surface area contributed by atoms with Gasteiger partial charge in [0.25, 0.3) is 0 Å². The maximum atomic E-state index is 3.52. The van der Waals surface area contributed by atoms with Crippen LogP contribution in [0.15, 0.2) is 24.3 Å².